The molecular formula is C15H23N. The summed E-state index contributed by atoms with van der Waals surface area (Å²) in [5.41, 5.74) is 5.68. The van der Waals surface area contributed by atoms with Gasteiger partial charge in [-0.2, -0.15) is 0 Å². The Morgan fingerprint density at radius 2 is 1.75 bits per heavy atom. The van der Waals surface area contributed by atoms with Crippen LogP contribution < -0.4 is 5.32 Å². The lowest BCUT2D eigenvalue weighted by Gasteiger charge is -2.10. The highest BCUT2D eigenvalue weighted by molar-refractivity contribution is 5.36. The Labute approximate surface area is 99.3 Å². The van der Waals surface area contributed by atoms with E-state index in [1.807, 2.05) is 0 Å². The molecule has 1 fully saturated rings. The number of hydrogen-bond acceptors (Lipinski definition) is 1. The summed E-state index contributed by atoms with van der Waals surface area (Å²) in [7, 11) is 0. The van der Waals surface area contributed by atoms with E-state index < -0.39 is 0 Å². The Morgan fingerprint density at radius 1 is 1.12 bits per heavy atom. The van der Waals surface area contributed by atoms with Gasteiger partial charge in [-0.3, -0.25) is 0 Å². The van der Waals surface area contributed by atoms with E-state index in [9.17, 15) is 0 Å². The number of aryl methyl sites for hydroxylation is 3. The van der Waals surface area contributed by atoms with Gasteiger partial charge in [0.05, 0.1) is 0 Å². The van der Waals surface area contributed by atoms with Crippen LogP contribution in [0.15, 0.2) is 12.1 Å². The first-order valence-corrected chi connectivity index (χ1v) is 6.35. The minimum Gasteiger partial charge on any atom is -0.312 e. The Morgan fingerprint density at radius 3 is 2.38 bits per heavy atom. The van der Waals surface area contributed by atoms with Gasteiger partial charge in [0.2, 0.25) is 0 Å². The fraction of sp³-hybridized carbons (Fsp3) is 0.600. The van der Waals surface area contributed by atoms with Crippen LogP contribution in [0.5, 0.6) is 0 Å². The summed E-state index contributed by atoms with van der Waals surface area (Å²) >= 11 is 0. The quantitative estimate of drug-likeness (QED) is 0.815. The largest absolute Gasteiger partial charge is 0.312 e. The molecule has 1 saturated carbocycles. The van der Waals surface area contributed by atoms with E-state index in [-0.39, 0.29) is 0 Å². The van der Waals surface area contributed by atoms with Gasteiger partial charge in [0.15, 0.2) is 0 Å². The van der Waals surface area contributed by atoms with Crippen molar-refractivity contribution in [2.24, 2.45) is 11.8 Å². The van der Waals surface area contributed by atoms with Crippen molar-refractivity contribution in [3.05, 3.63) is 34.4 Å². The van der Waals surface area contributed by atoms with Crippen LogP contribution in [0.1, 0.15) is 35.6 Å². The molecular weight excluding hydrogens is 194 g/mol. The van der Waals surface area contributed by atoms with Crippen LogP contribution in [0.25, 0.3) is 0 Å². The van der Waals surface area contributed by atoms with E-state index in [1.165, 1.54) is 35.2 Å². The summed E-state index contributed by atoms with van der Waals surface area (Å²) in [5.74, 6) is 1.89. The van der Waals surface area contributed by atoms with E-state index in [1.54, 1.807) is 0 Å². The Bertz CT molecular complexity index is 381. The molecule has 1 aliphatic carbocycles. The molecule has 0 bridgehead atoms. The molecule has 1 heteroatoms. The average molecular weight is 217 g/mol. The maximum Gasteiger partial charge on any atom is 0.0208 e. The molecule has 0 amide bonds. The first-order valence-electron chi connectivity index (χ1n) is 6.35. The van der Waals surface area contributed by atoms with E-state index >= 15 is 0 Å². The van der Waals surface area contributed by atoms with Crippen LogP contribution in [0.2, 0.25) is 0 Å². The SMILES string of the molecule is Cc1cc(C)c(CNCC2CC2C)cc1C. The summed E-state index contributed by atoms with van der Waals surface area (Å²) < 4.78 is 0. The smallest absolute Gasteiger partial charge is 0.0208 e. The molecule has 1 nitrogen and oxygen atoms in total. The number of benzene rings is 1. The third kappa shape index (κ3) is 2.65. The van der Waals surface area contributed by atoms with Crippen LogP contribution in [-0.2, 0) is 6.54 Å². The van der Waals surface area contributed by atoms with Gasteiger partial charge in [-0.15, -0.1) is 0 Å². The molecule has 1 aliphatic rings. The minimum atomic E-state index is 0.937. The molecule has 2 rings (SSSR count). The molecule has 0 heterocycles. The van der Waals surface area contributed by atoms with Gasteiger partial charge in [-0.1, -0.05) is 19.1 Å². The molecule has 0 aromatic heterocycles. The normalized spacial score (nSPS) is 23.5. The Hall–Kier alpha value is -0.820. The maximum atomic E-state index is 3.58. The second kappa shape index (κ2) is 4.58. The lowest BCUT2D eigenvalue weighted by molar-refractivity contribution is 0.610. The first-order chi connectivity index (χ1) is 7.58. The maximum absolute atomic E-state index is 3.58. The zero-order valence-corrected chi connectivity index (χ0v) is 10.9. The molecule has 16 heavy (non-hydrogen) atoms. The van der Waals surface area contributed by atoms with Crippen LogP contribution >= 0.6 is 0 Å². The van der Waals surface area contributed by atoms with Crippen LogP contribution in [0.4, 0.5) is 0 Å². The molecule has 0 spiro atoms. The van der Waals surface area contributed by atoms with Gasteiger partial charge in [-0.25, -0.2) is 0 Å². The highest BCUT2D eigenvalue weighted by Crippen LogP contribution is 2.36. The molecule has 1 aromatic carbocycles. The summed E-state index contributed by atoms with van der Waals surface area (Å²) in [4.78, 5) is 0. The molecule has 0 aliphatic heterocycles. The van der Waals surface area contributed by atoms with Gasteiger partial charge in [0, 0.05) is 6.54 Å². The Balaban J connectivity index is 1.90. The van der Waals surface area contributed by atoms with E-state index in [2.05, 4.69) is 45.1 Å². The molecule has 1 N–H and O–H groups in total. The van der Waals surface area contributed by atoms with Crippen LogP contribution in [0.3, 0.4) is 0 Å². The van der Waals surface area contributed by atoms with Crippen molar-refractivity contribution in [2.75, 3.05) is 6.54 Å². The zero-order chi connectivity index (χ0) is 11.7. The van der Waals surface area contributed by atoms with Crippen LogP contribution in [-0.4, -0.2) is 6.54 Å². The van der Waals surface area contributed by atoms with Crippen LogP contribution in [0, 0.1) is 32.6 Å². The second-order valence-corrected chi connectivity index (χ2v) is 5.47. The van der Waals surface area contributed by atoms with Gasteiger partial charge < -0.3 is 5.32 Å². The van der Waals surface area contributed by atoms with Crippen molar-refractivity contribution in [3.63, 3.8) is 0 Å². The lowest BCUT2D eigenvalue weighted by Crippen LogP contribution is -2.17. The standard InChI is InChI=1S/C15H23N/c1-10-5-12(3)14(6-11(10)2)8-16-9-15-7-13(15)4/h5-6,13,15-16H,7-9H2,1-4H3. The molecule has 1 aromatic rings. The van der Waals surface area contributed by atoms with Gasteiger partial charge in [0.25, 0.3) is 0 Å². The lowest BCUT2D eigenvalue weighted by atomic mass is 10.0. The fourth-order valence-corrected chi connectivity index (χ4v) is 2.29. The third-order valence-electron chi connectivity index (χ3n) is 3.95. The summed E-state index contributed by atoms with van der Waals surface area (Å²) in [5, 5.41) is 3.58. The predicted octanol–water partition coefficient (Wildman–Crippen LogP) is 3.36. The average Bonchev–Trinajstić information content (AvgIpc) is 2.91. The Kier molecular flexibility index (Phi) is 3.34. The van der Waals surface area contributed by atoms with Crippen molar-refractivity contribution in [3.8, 4) is 0 Å². The zero-order valence-electron chi connectivity index (χ0n) is 10.9. The molecule has 2 unspecified atom stereocenters. The monoisotopic (exact) mass is 217 g/mol. The second-order valence-electron chi connectivity index (χ2n) is 5.47. The topological polar surface area (TPSA) is 12.0 Å². The predicted molar refractivity (Wildman–Crippen MR) is 69.6 cm³/mol. The van der Waals surface area contributed by atoms with Crippen molar-refractivity contribution in [1.29, 1.82) is 0 Å². The number of nitrogens with one attached hydrogen (secondary N) is 1. The highest BCUT2D eigenvalue weighted by atomic mass is 14.9. The summed E-state index contributed by atoms with van der Waals surface area (Å²) in [6.45, 7) is 11.1. The summed E-state index contributed by atoms with van der Waals surface area (Å²) in [6.07, 6.45) is 1.42. The van der Waals surface area contributed by atoms with Crippen molar-refractivity contribution in [2.45, 2.75) is 40.7 Å². The fourth-order valence-electron chi connectivity index (χ4n) is 2.29. The van der Waals surface area contributed by atoms with Crippen molar-refractivity contribution >= 4 is 0 Å². The van der Waals surface area contributed by atoms with Gasteiger partial charge in [-0.05, 0) is 67.8 Å². The number of hydrogen-bond donors (Lipinski definition) is 1. The van der Waals surface area contributed by atoms with Crippen molar-refractivity contribution < 1.29 is 0 Å². The highest BCUT2D eigenvalue weighted by Gasteiger charge is 2.31. The van der Waals surface area contributed by atoms with Gasteiger partial charge >= 0.3 is 0 Å². The van der Waals surface area contributed by atoms with Gasteiger partial charge in [0.1, 0.15) is 0 Å². The van der Waals surface area contributed by atoms with E-state index in [4.69, 9.17) is 0 Å². The van der Waals surface area contributed by atoms with Crippen molar-refractivity contribution in [1.82, 2.24) is 5.32 Å². The molecule has 0 radical (unpaired) electrons. The minimum absolute atomic E-state index is 0.937. The van der Waals surface area contributed by atoms with E-state index in [0.29, 0.717) is 0 Å². The summed E-state index contributed by atoms with van der Waals surface area (Å²) in [6, 6.07) is 4.63. The molecule has 0 saturated heterocycles. The number of rotatable bonds is 4. The molecule has 88 valence electrons. The third-order valence-corrected chi connectivity index (χ3v) is 3.95. The van der Waals surface area contributed by atoms with E-state index in [0.717, 1.165) is 18.4 Å². The first kappa shape index (κ1) is 11.7. The molecule has 2 atom stereocenters.